The normalized spacial score (nSPS) is 14.6. The Labute approximate surface area is 132 Å². The maximum absolute atomic E-state index is 12.1. The minimum absolute atomic E-state index is 0.204. The molecular weight excluding hydrogens is 296 g/mol. The molecule has 0 fully saturated rings. The molecule has 0 aromatic carbocycles. The van der Waals surface area contributed by atoms with Crippen molar-refractivity contribution in [3.8, 4) is 12.3 Å². The van der Waals surface area contributed by atoms with Gasteiger partial charge in [-0.25, -0.2) is 4.98 Å². The van der Waals surface area contributed by atoms with Crippen LogP contribution in [0.15, 0.2) is 33.6 Å². The number of imidazole rings is 1. The van der Waals surface area contributed by atoms with Gasteiger partial charge in [0.25, 0.3) is 11.5 Å². The van der Waals surface area contributed by atoms with Gasteiger partial charge in [0.05, 0.1) is 0 Å². The average Bonchev–Trinajstić information content (AvgIpc) is 3.17. The second-order valence-electron chi connectivity index (χ2n) is 5.46. The molecule has 0 spiro atoms. The fraction of sp³-hybridized carbons (Fsp3) is 0.400. The van der Waals surface area contributed by atoms with Crippen molar-refractivity contribution in [3.05, 3.63) is 34.6 Å². The van der Waals surface area contributed by atoms with E-state index in [1.54, 1.807) is 19.4 Å². The Hall–Kier alpha value is -2.95. The summed E-state index contributed by atoms with van der Waals surface area (Å²) >= 11 is 0. The highest BCUT2D eigenvalue weighted by molar-refractivity contribution is 5.92. The van der Waals surface area contributed by atoms with Gasteiger partial charge in [-0.05, 0) is 0 Å². The molecule has 0 bridgehead atoms. The maximum atomic E-state index is 12.1. The maximum Gasteiger partial charge on any atom is 0.293 e. The van der Waals surface area contributed by atoms with Crippen LogP contribution in [0.5, 0.6) is 0 Å². The summed E-state index contributed by atoms with van der Waals surface area (Å²) in [7, 11) is 1.63. The molecule has 1 aliphatic rings. The van der Waals surface area contributed by atoms with Crippen LogP contribution < -0.4 is 10.9 Å². The topological polar surface area (TPSA) is 93.1 Å². The Bertz CT molecular complexity index is 879. The molecule has 3 heterocycles. The van der Waals surface area contributed by atoms with Gasteiger partial charge in [-0.2, -0.15) is 10.2 Å². The Balaban J connectivity index is 1.62. The minimum atomic E-state index is -0.422. The van der Waals surface area contributed by atoms with Gasteiger partial charge >= 0.3 is 0 Å². The summed E-state index contributed by atoms with van der Waals surface area (Å²) in [5, 5.41) is 10.8. The third-order valence-corrected chi connectivity index (χ3v) is 3.79. The second-order valence-corrected chi connectivity index (χ2v) is 5.46. The quantitative estimate of drug-likeness (QED) is 0.797. The first-order chi connectivity index (χ1) is 11.0. The number of nitrogens with one attached hydrogen (secondary N) is 1. The van der Waals surface area contributed by atoms with E-state index in [1.165, 1.54) is 15.2 Å². The minimum Gasteiger partial charge on any atom is -0.350 e. The first kappa shape index (κ1) is 15.0. The van der Waals surface area contributed by atoms with E-state index < -0.39 is 5.66 Å². The highest BCUT2D eigenvalue weighted by atomic mass is 16.2. The van der Waals surface area contributed by atoms with Crippen LogP contribution in [0.4, 0.5) is 0 Å². The van der Waals surface area contributed by atoms with E-state index in [-0.39, 0.29) is 22.8 Å². The van der Waals surface area contributed by atoms with Gasteiger partial charge in [0.2, 0.25) is 5.65 Å². The van der Waals surface area contributed by atoms with Crippen molar-refractivity contribution in [1.82, 2.24) is 19.3 Å². The van der Waals surface area contributed by atoms with E-state index in [9.17, 15) is 9.59 Å². The van der Waals surface area contributed by atoms with Crippen molar-refractivity contribution in [2.45, 2.75) is 24.9 Å². The first-order valence-electron chi connectivity index (χ1n) is 7.25. The van der Waals surface area contributed by atoms with Gasteiger partial charge < -0.3 is 14.3 Å². The lowest BCUT2D eigenvalue weighted by Crippen LogP contribution is -2.28. The highest BCUT2D eigenvalue weighted by Crippen LogP contribution is 2.35. The van der Waals surface area contributed by atoms with Gasteiger partial charge in [-0.3, -0.25) is 9.59 Å². The Morgan fingerprint density at radius 2 is 2.17 bits per heavy atom. The summed E-state index contributed by atoms with van der Waals surface area (Å²) in [5.41, 5.74) is -0.252. The lowest BCUT2D eigenvalue weighted by Gasteiger charge is -2.08. The molecule has 0 atom stereocenters. The van der Waals surface area contributed by atoms with Crippen molar-refractivity contribution in [1.29, 1.82) is 0 Å². The number of terminal acetylenes is 1. The molecule has 118 valence electrons. The number of carbonyl (C=O) groups is 1. The van der Waals surface area contributed by atoms with E-state index in [0.717, 1.165) is 0 Å². The predicted molar refractivity (Wildman–Crippen MR) is 83.0 cm³/mol. The Morgan fingerprint density at radius 3 is 2.87 bits per heavy atom. The standard InChI is InChI=1S/C15H16N6O2/c1-3-4-5-15(18-19-15)6-7-16-13(22)11-10-21-9-8-20(2)14(23)12(21)17-11/h1,8-10H,4-7H2,2H3,(H,16,22). The number of hydrogen-bond donors (Lipinski definition) is 1. The van der Waals surface area contributed by atoms with Crippen LogP contribution in [-0.2, 0) is 7.05 Å². The summed E-state index contributed by atoms with van der Waals surface area (Å²) in [6.45, 7) is 0.419. The molecule has 2 aromatic rings. The van der Waals surface area contributed by atoms with Gasteiger partial charge in [0.15, 0.2) is 5.66 Å². The fourth-order valence-corrected chi connectivity index (χ4v) is 2.31. The van der Waals surface area contributed by atoms with Crippen LogP contribution >= 0.6 is 0 Å². The molecular formula is C15H16N6O2. The highest BCUT2D eigenvalue weighted by Gasteiger charge is 2.38. The van der Waals surface area contributed by atoms with Gasteiger partial charge in [-0.1, -0.05) is 0 Å². The molecule has 0 saturated carbocycles. The molecule has 8 nitrogen and oxygen atoms in total. The molecule has 1 aliphatic heterocycles. The zero-order valence-electron chi connectivity index (χ0n) is 12.7. The molecule has 1 amide bonds. The lowest BCUT2D eigenvalue weighted by molar-refractivity contribution is 0.0947. The smallest absolute Gasteiger partial charge is 0.293 e. The van der Waals surface area contributed by atoms with E-state index in [4.69, 9.17) is 6.42 Å². The van der Waals surface area contributed by atoms with Gasteiger partial charge in [-0.15, -0.1) is 12.3 Å². The summed E-state index contributed by atoms with van der Waals surface area (Å²) < 4.78 is 2.95. The molecule has 0 aliphatic carbocycles. The van der Waals surface area contributed by atoms with Crippen molar-refractivity contribution in [3.63, 3.8) is 0 Å². The van der Waals surface area contributed by atoms with E-state index in [1.807, 2.05) is 0 Å². The van der Waals surface area contributed by atoms with E-state index in [0.29, 0.717) is 25.8 Å². The van der Waals surface area contributed by atoms with Crippen LogP contribution in [-0.4, -0.2) is 32.1 Å². The second kappa shape index (κ2) is 5.68. The number of aryl methyl sites for hydroxylation is 1. The molecule has 2 aromatic heterocycles. The average molecular weight is 312 g/mol. The third-order valence-electron chi connectivity index (χ3n) is 3.79. The Kier molecular flexibility index (Phi) is 3.70. The lowest BCUT2D eigenvalue weighted by atomic mass is 10.0. The van der Waals surface area contributed by atoms with Crippen LogP contribution in [0.2, 0.25) is 0 Å². The summed E-state index contributed by atoms with van der Waals surface area (Å²) in [5.74, 6) is 2.23. The molecule has 1 N–H and O–H groups in total. The number of hydrogen-bond acceptors (Lipinski definition) is 5. The molecule has 0 saturated heterocycles. The molecule has 0 radical (unpaired) electrons. The molecule has 0 unspecified atom stereocenters. The Morgan fingerprint density at radius 1 is 1.39 bits per heavy atom. The number of rotatable bonds is 6. The SMILES string of the molecule is C#CCCC1(CCNC(=O)c2cn3ccn(C)c(=O)c3n2)N=N1. The van der Waals surface area contributed by atoms with Crippen molar-refractivity contribution >= 4 is 11.6 Å². The third kappa shape index (κ3) is 2.99. The van der Waals surface area contributed by atoms with Crippen LogP contribution in [0.1, 0.15) is 29.8 Å². The summed E-state index contributed by atoms with van der Waals surface area (Å²) in [6.07, 6.45) is 12.0. The zero-order chi connectivity index (χ0) is 16.4. The number of fused-ring (bicyclic) bond motifs is 1. The van der Waals surface area contributed by atoms with Crippen LogP contribution in [0.25, 0.3) is 5.65 Å². The van der Waals surface area contributed by atoms with E-state index >= 15 is 0 Å². The summed E-state index contributed by atoms with van der Waals surface area (Å²) in [6, 6.07) is 0. The number of amides is 1. The van der Waals surface area contributed by atoms with Gasteiger partial charge in [0, 0.05) is 51.4 Å². The van der Waals surface area contributed by atoms with Crippen LogP contribution in [0, 0.1) is 12.3 Å². The van der Waals surface area contributed by atoms with Crippen molar-refractivity contribution < 1.29 is 4.79 Å². The summed E-state index contributed by atoms with van der Waals surface area (Å²) in [4.78, 5) is 28.2. The number of nitrogens with zero attached hydrogens (tertiary/aromatic N) is 5. The van der Waals surface area contributed by atoms with Crippen molar-refractivity contribution in [2.75, 3.05) is 6.54 Å². The van der Waals surface area contributed by atoms with Gasteiger partial charge in [0.1, 0.15) is 5.69 Å². The largest absolute Gasteiger partial charge is 0.350 e. The first-order valence-corrected chi connectivity index (χ1v) is 7.25. The number of carbonyl (C=O) groups excluding carboxylic acids is 1. The van der Waals surface area contributed by atoms with E-state index in [2.05, 4.69) is 26.4 Å². The molecule has 3 rings (SSSR count). The molecule has 8 heteroatoms. The fourth-order valence-electron chi connectivity index (χ4n) is 2.31. The zero-order valence-corrected chi connectivity index (χ0v) is 12.7. The number of aromatic nitrogens is 3. The van der Waals surface area contributed by atoms with Crippen LogP contribution in [0.3, 0.4) is 0 Å². The predicted octanol–water partition coefficient (Wildman–Crippen LogP) is 0.728. The molecule has 23 heavy (non-hydrogen) atoms. The monoisotopic (exact) mass is 312 g/mol. The van der Waals surface area contributed by atoms with Crippen molar-refractivity contribution in [2.24, 2.45) is 17.3 Å².